The van der Waals surface area contributed by atoms with Crippen molar-refractivity contribution in [3.05, 3.63) is 55.1 Å². The van der Waals surface area contributed by atoms with Crippen molar-refractivity contribution in [3.63, 3.8) is 0 Å². The zero-order valence-electron chi connectivity index (χ0n) is 14.6. The third-order valence-corrected chi connectivity index (χ3v) is 5.01. The third kappa shape index (κ3) is 2.50. The van der Waals surface area contributed by atoms with Crippen molar-refractivity contribution in [2.75, 3.05) is 5.01 Å². The Kier molecular flexibility index (Phi) is 3.83. The summed E-state index contributed by atoms with van der Waals surface area (Å²) in [5.74, 6) is 0.562. The van der Waals surface area contributed by atoms with E-state index in [1.54, 1.807) is 12.1 Å². The van der Waals surface area contributed by atoms with Crippen molar-refractivity contribution in [2.45, 2.75) is 20.0 Å². The van der Waals surface area contributed by atoms with Gasteiger partial charge in [-0.25, -0.2) is 9.80 Å². The number of fused-ring (bicyclic) bond motifs is 3. The van der Waals surface area contributed by atoms with Crippen molar-refractivity contribution >= 4 is 38.8 Å². The predicted molar refractivity (Wildman–Crippen MR) is 104 cm³/mol. The Morgan fingerprint density at radius 1 is 1.12 bits per heavy atom. The van der Waals surface area contributed by atoms with Crippen LogP contribution in [0.4, 0.5) is 5.95 Å². The van der Waals surface area contributed by atoms with Crippen LogP contribution in [0.5, 0.6) is 0 Å². The first-order valence-corrected chi connectivity index (χ1v) is 8.88. The molecule has 2 aromatic heterocycles. The van der Waals surface area contributed by atoms with Gasteiger partial charge in [0.25, 0.3) is 5.56 Å². The van der Waals surface area contributed by atoms with Crippen LogP contribution in [0.25, 0.3) is 11.2 Å². The second-order valence-electron chi connectivity index (χ2n) is 6.40. The average molecular weight is 417 g/mol. The number of aromatic nitrogens is 4. The van der Waals surface area contributed by atoms with E-state index in [1.807, 2.05) is 35.8 Å². The molecule has 1 aliphatic heterocycles. The highest BCUT2D eigenvalue weighted by Crippen LogP contribution is 2.25. The maximum absolute atomic E-state index is 12.7. The van der Waals surface area contributed by atoms with Gasteiger partial charge in [0.05, 0.1) is 18.8 Å². The molecule has 0 spiro atoms. The van der Waals surface area contributed by atoms with Crippen LogP contribution in [0.3, 0.4) is 0 Å². The van der Waals surface area contributed by atoms with Gasteiger partial charge in [0.1, 0.15) is 0 Å². The summed E-state index contributed by atoms with van der Waals surface area (Å²) in [5.41, 5.74) is 1.98. The fourth-order valence-corrected chi connectivity index (χ4v) is 3.43. The average Bonchev–Trinajstić information content (AvgIpc) is 2.99. The van der Waals surface area contributed by atoms with Gasteiger partial charge in [-0.15, -0.1) is 0 Å². The molecule has 0 radical (unpaired) electrons. The number of benzene rings is 1. The van der Waals surface area contributed by atoms with Crippen molar-refractivity contribution in [3.8, 4) is 0 Å². The molecular weight excluding hydrogens is 400 g/mol. The first-order chi connectivity index (χ1) is 12.4. The van der Waals surface area contributed by atoms with E-state index in [0.717, 1.165) is 20.3 Å². The summed E-state index contributed by atoms with van der Waals surface area (Å²) in [6, 6.07) is 7.95. The number of rotatable bonds is 2. The fraction of sp³-hybridized carbons (Fsp3) is 0.294. The van der Waals surface area contributed by atoms with E-state index in [2.05, 4.69) is 26.0 Å². The number of aryl methyl sites for hydroxylation is 1. The van der Waals surface area contributed by atoms with Crippen LogP contribution in [-0.4, -0.2) is 24.4 Å². The van der Waals surface area contributed by atoms with E-state index < -0.39 is 5.69 Å². The van der Waals surface area contributed by atoms with Gasteiger partial charge in [-0.2, -0.15) is 10.1 Å². The van der Waals surface area contributed by atoms with Crippen LogP contribution < -0.4 is 16.3 Å². The molecule has 3 aromatic rings. The number of hydrogen-bond donors (Lipinski definition) is 0. The molecule has 3 heterocycles. The molecule has 1 aromatic carbocycles. The predicted octanol–water partition coefficient (Wildman–Crippen LogP) is 1.59. The van der Waals surface area contributed by atoms with Gasteiger partial charge >= 0.3 is 5.69 Å². The largest absolute Gasteiger partial charge is 0.332 e. The minimum absolute atomic E-state index is 0.347. The lowest BCUT2D eigenvalue weighted by atomic mass is 10.2. The van der Waals surface area contributed by atoms with Crippen LogP contribution in [-0.2, 0) is 27.2 Å². The molecular formula is C17H17BrN6O2. The first kappa shape index (κ1) is 16.8. The minimum atomic E-state index is -0.393. The van der Waals surface area contributed by atoms with Gasteiger partial charge in [-0.05, 0) is 24.6 Å². The third-order valence-electron chi connectivity index (χ3n) is 4.48. The molecule has 0 N–H and O–H groups in total. The van der Waals surface area contributed by atoms with E-state index in [0.29, 0.717) is 30.2 Å². The van der Waals surface area contributed by atoms with Crippen LogP contribution in [0.2, 0.25) is 0 Å². The molecule has 0 fully saturated rings. The monoisotopic (exact) mass is 416 g/mol. The lowest BCUT2D eigenvalue weighted by molar-refractivity contribution is 0.698. The molecule has 0 aliphatic carbocycles. The summed E-state index contributed by atoms with van der Waals surface area (Å²) in [5, 5.41) is 6.37. The van der Waals surface area contributed by atoms with E-state index in [-0.39, 0.29) is 5.56 Å². The van der Waals surface area contributed by atoms with E-state index in [9.17, 15) is 9.59 Å². The minimum Gasteiger partial charge on any atom is -0.297 e. The van der Waals surface area contributed by atoms with Crippen LogP contribution in [0.15, 0.2) is 43.4 Å². The highest BCUT2D eigenvalue weighted by molar-refractivity contribution is 9.10. The van der Waals surface area contributed by atoms with E-state index in [1.165, 1.54) is 11.6 Å². The topological polar surface area (TPSA) is 77.4 Å². The van der Waals surface area contributed by atoms with Gasteiger partial charge in [0.15, 0.2) is 11.2 Å². The normalized spacial score (nSPS) is 13.8. The summed E-state index contributed by atoms with van der Waals surface area (Å²) in [6.07, 6.45) is 0. The van der Waals surface area contributed by atoms with E-state index >= 15 is 0 Å². The van der Waals surface area contributed by atoms with Crippen molar-refractivity contribution in [2.24, 2.45) is 19.2 Å². The smallest absolute Gasteiger partial charge is 0.297 e. The number of hydrogen-bond acceptors (Lipinski definition) is 5. The summed E-state index contributed by atoms with van der Waals surface area (Å²) in [7, 11) is 3.10. The molecule has 0 bridgehead atoms. The highest BCUT2D eigenvalue weighted by atomic mass is 79.9. The summed E-state index contributed by atoms with van der Waals surface area (Å²) in [4.78, 5) is 29.5. The van der Waals surface area contributed by atoms with Crippen molar-refractivity contribution < 1.29 is 0 Å². The summed E-state index contributed by atoms with van der Waals surface area (Å²) in [6.45, 7) is 2.90. The molecule has 134 valence electrons. The number of halogens is 1. The second kappa shape index (κ2) is 5.94. The van der Waals surface area contributed by atoms with E-state index in [4.69, 9.17) is 0 Å². The molecule has 4 rings (SSSR count). The van der Waals surface area contributed by atoms with Gasteiger partial charge in [0.2, 0.25) is 5.95 Å². The Hall–Kier alpha value is -2.68. The SMILES string of the molecule is CC1=NN(Cc2ccc(Br)cc2)c2nc3c(c(=O)n(C)c(=O)n3C)n2C1. The van der Waals surface area contributed by atoms with Crippen LogP contribution in [0.1, 0.15) is 12.5 Å². The second-order valence-corrected chi connectivity index (χ2v) is 7.31. The summed E-state index contributed by atoms with van der Waals surface area (Å²) < 4.78 is 5.34. The lowest BCUT2D eigenvalue weighted by Gasteiger charge is -2.25. The van der Waals surface area contributed by atoms with Gasteiger partial charge < -0.3 is 0 Å². The van der Waals surface area contributed by atoms with Crippen molar-refractivity contribution in [1.82, 2.24) is 18.7 Å². The van der Waals surface area contributed by atoms with Gasteiger partial charge in [-0.3, -0.25) is 18.5 Å². The standard InChI is InChI=1S/C17H17BrN6O2/c1-10-8-23-13-14(21(2)17(26)22(3)15(13)25)19-16(23)24(20-10)9-11-4-6-12(18)7-5-11/h4-7H,8-9H2,1-3H3. The number of anilines is 1. The molecule has 8 nitrogen and oxygen atoms in total. The Balaban J connectivity index is 1.90. The Labute approximate surface area is 157 Å². The number of imidazole rings is 1. The first-order valence-electron chi connectivity index (χ1n) is 8.09. The zero-order chi connectivity index (χ0) is 18.6. The molecule has 0 atom stereocenters. The highest BCUT2D eigenvalue weighted by Gasteiger charge is 2.26. The maximum Gasteiger partial charge on any atom is 0.332 e. The summed E-state index contributed by atoms with van der Waals surface area (Å²) >= 11 is 3.43. The number of nitrogens with zero attached hydrogens (tertiary/aromatic N) is 6. The molecule has 0 saturated carbocycles. The quantitative estimate of drug-likeness (QED) is 0.635. The molecule has 0 amide bonds. The van der Waals surface area contributed by atoms with Crippen LogP contribution in [0, 0.1) is 0 Å². The van der Waals surface area contributed by atoms with Crippen LogP contribution >= 0.6 is 15.9 Å². The fourth-order valence-electron chi connectivity index (χ4n) is 3.16. The zero-order valence-corrected chi connectivity index (χ0v) is 16.2. The Morgan fingerprint density at radius 2 is 1.81 bits per heavy atom. The van der Waals surface area contributed by atoms with Gasteiger partial charge in [-0.1, -0.05) is 28.1 Å². The number of hydrazone groups is 1. The van der Waals surface area contributed by atoms with Gasteiger partial charge in [0, 0.05) is 18.6 Å². The molecule has 0 saturated heterocycles. The maximum atomic E-state index is 12.7. The Bertz CT molecular complexity index is 1170. The Morgan fingerprint density at radius 3 is 2.50 bits per heavy atom. The molecule has 1 aliphatic rings. The molecule has 9 heteroatoms. The van der Waals surface area contributed by atoms with Crippen molar-refractivity contribution in [1.29, 1.82) is 0 Å². The molecule has 0 unspecified atom stereocenters. The molecule has 26 heavy (non-hydrogen) atoms. The lowest BCUT2D eigenvalue weighted by Crippen LogP contribution is -2.38.